The van der Waals surface area contributed by atoms with Crippen LogP contribution in [-0.4, -0.2) is 7.11 Å². The molecule has 3 rings (SSSR count). The lowest BCUT2D eigenvalue weighted by molar-refractivity contribution is 0.415. The van der Waals surface area contributed by atoms with Gasteiger partial charge in [0.2, 0.25) is 0 Å². The van der Waals surface area contributed by atoms with Crippen LogP contribution in [0.4, 0.5) is 0 Å². The molecule has 2 aromatic carbocycles. The maximum atomic E-state index is 6.16. The molecule has 0 saturated heterocycles. The molecule has 0 radical (unpaired) electrons. The van der Waals surface area contributed by atoms with Crippen molar-refractivity contribution in [1.82, 2.24) is 5.32 Å². The van der Waals surface area contributed by atoms with E-state index in [1.807, 2.05) is 54.6 Å². The summed E-state index contributed by atoms with van der Waals surface area (Å²) in [5.74, 6) is 2.27. The largest absolute Gasteiger partial charge is 0.495 e. The first-order valence-electron chi connectivity index (χ1n) is 7.54. The zero-order chi connectivity index (χ0) is 16.9. The molecule has 0 aliphatic heterocycles. The number of nitrogens with one attached hydrogen (secondary N) is 1. The summed E-state index contributed by atoms with van der Waals surface area (Å²) in [5.41, 5.74) is 1.98. The predicted octanol–water partition coefficient (Wildman–Crippen LogP) is 5.55. The molecule has 0 saturated carbocycles. The van der Waals surface area contributed by atoms with E-state index in [-0.39, 0.29) is 0 Å². The van der Waals surface area contributed by atoms with E-state index in [9.17, 15) is 0 Å². The summed E-state index contributed by atoms with van der Waals surface area (Å²) >= 11 is 12.3. The Labute approximate surface area is 151 Å². The molecule has 3 nitrogen and oxygen atoms in total. The highest BCUT2D eigenvalue weighted by Gasteiger charge is 2.08. The number of hydrogen-bond donors (Lipinski definition) is 1. The second kappa shape index (κ2) is 7.75. The van der Waals surface area contributed by atoms with Gasteiger partial charge >= 0.3 is 0 Å². The Kier molecular flexibility index (Phi) is 5.46. The van der Waals surface area contributed by atoms with Crippen LogP contribution in [-0.2, 0) is 13.1 Å². The highest BCUT2D eigenvalue weighted by atomic mass is 35.5. The van der Waals surface area contributed by atoms with Crippen molar-refractivity contribution in [3.05, 3.63) is 76.0 Å². The summed E-state index contributed by atoms with van der Waals surface area (Å²) in [6.07, 6.45) is 0. The molecule has 0 unspecified atom stereocenters. The van der Waals surface area contributed by atoms with Crippen LogP contribution >= 0.6 is 23.2 Å². The van der Waals surface area contributed by atoms with E-state index in [4.69, 9.17) is 32.4 Å². The molecule has 0 fully saturated rings. The maximum Gasteiger partial charge on any atom is 0.137 e. The van der Waals surface area contributed by atoms with E-state index in [1.165, 1.54) is 0 Å². The van der Waals surface area contributed by atoms with Crippen molar-refractivity contribution >= 4 is 23.2 Å². The molecule has 0 aliphatic rings. The summed E-state index contributed by atoms with van der Waals surface area (Å²) in [6.45, 7) is 1.30. The zero-order valence-electron chi connectivity index (χ0n) is 13.2. The van der Waals surface area contributed by atoms with Crippen molar-refractivity contribution in [1.29, 1.82) is 0 Å². The van der Waals surface area contributed by atoms with Gasteiger partial charge in [-0.1, -0.05) is 41.4 Å². The average Bonchev–Trinajstić information content (AvgIpc) is 3.05. The number of halogens is 2. The Morgan fingerprint density at radius 2 is 1.79 bits per heavy atom. The fraction of sp³-hybridized carbons (Fsp3) is 0.158. The monoisotopic (exact) mass is 361 g/mol. The Hall–Kier alpha value is -1.94. The fourth-order valence-corrected chi connectivity index (χ4v) is 2.87. The Balaban J connectivity index is 1.63. The first kappa shape index (κ1) is 16.9. The summed E-state index contributed by atoms with van der Waals surface area (Å²) in [6, 6.07) is 17.3. The second-order valence-corrected chi connectivity index (χ2v) is 6.12. The van der Waals surface area contributed by atoms with E-state index in [0.29, 0.717) is 23.9 Å². The summed E-state index contributed by atoms with van der Waals surface area (Å²) < 4.78 is 11.0. The molecule has 0 amide bonds. The zero-order valence-corrected chi connectivity index (χ0v) is 14.7. The van der Waals surface area contributed by atoms with Crippen molar-refractivity contribution in [2.45, 2.75) is 13.1 Å². The van der Waals surface area contributed by atoms with Crippen molar-refractivity contribution in [2.75, 3.05) is 7.11 Å². The van der Waals surface area contributed by atoms with Crippen molar-refractivity contribution < 1.29 is 9.15 Å². The Bertz CT molecular complexity index is 830. The van der Waals surface area contributed by atoms with Crippen molar-refractivity contribution in [2.24, 2.45) is 0 Å². The lowest BCUT2D eigenvalue weighted by Gasteiger charge is -2.06. The SMILES string of the molecule is COc1ccc(-c2ccc(CNCc3ccccc3Cl)o2)cc1Cl. The lowest BCUT2D eigenvalue weighted by Crippen LogP contribution is -2.12. The van der Waals surface area contributed by atoms with Crippen LogP contribution in [0, 0.1) is 0 Å². The minimum Gasteiger partial charge on any atom is -0.495 e. The van der Waals surface area contributed by atoms with Gasteiger partial charge in [-0.05, 0) is 42.0 Å². The Morgan fingerprint density at radius 3 is 2.54 bits per heavy atom. The molecule has 1 aromatic heterocycles. The van der Waals surface area contributed by atoms with E-state index in [1.54, 1.807) is 7.11 Å². The van der Waals surface area contributed by atoms with Crippen LogP contribution in [0.15, 0.2) is 59.0 Å². The van der Waals surface area contributed by atoms with Gasteiger partial charge in [-0.3, -0.25) is 0 Å². The molecule has 0 aliphatic carbocycles. The predicted molar refractivity (Wildman–Crippen MR) is 97.7 cm³/mol. The third kappa shape index (κ3) is 3.93. The number of ether oxygens (including phenoxy) is 1. The summed E-state index contributed by atoms with van der Waals surface area (Å²) in [5, 5.41) is 4.65. The lowest BCUT2D eigenvalue weighted by atomic mass is 10.2. The molecular weight excluding hydrogens is 345 g/mol. The van der Waals surface area contributed by atoms with Gasteiger partial charge in [-0.15, -0.1) is 0 Å². The molecule has 0 atom stereocenters. The molecule has 3 aromatic rings. The van der Waals surface area contributed by atoms with E-state index < -0.39 is 0 Å². The minimum absolute atomic E-state index is 0.560. The summed E-state index contributed by atoms with van der Waals surface area (Å²) in [4.78, 5) is 0. The number of methoxy groups -OCH3 is 1. The number of rotatable bonds is 6. The van der Waals surface area contributed by atoms with Gasteiger partial charge < -0.3 is 14.5 Å². The van der Waals surface area contributed by atoms with Crippen LogP contribution < -0.4 is 10.1 Å². The molecule has 24 heavy (non-hydrogen) atoms. The highest BCUT2D eigenvalue weighted by Crippen LogP contribution is 2.31. The van der Waals surface area contributed by atoms with Crippen LogP contribution in [0.1, 0.15) is 11.3 Å². The van der Waals surface area contributed by atoms with Crippen LogP contribution in [0.25, 0.3) is 11.3 Å². The van der Waals surface area contributed by atoms with E-state index >= 15 is 0 Å². The van der Waals surface area contributed by atoms with Crippen LogP contribution in [0.3, 0.4) is 0 Å². The van der Waals surface area contributed by atoms with Gasteiger partial charge in [0.05, 0.1) is 18.7 Å². The van der Waals surface area contributed by atoms with E-state index in [2.05, 4.69) is 5.32 Å². The van der Waals surface area contributed by atoms with Gasteiger partial charge in [0.25, 0.3) is 0 Å². The molecular formula is C19H17Cl2NO2. The highest BCUT2D eigenvalue weighted by molar-refractivity contribution is 6.32. The molecule has 0 bridgehead atoms. The molecule has 5 heteroatoms. The van der Waals surface area contributed by atoms with Crippen molar-refractivity contribution in [3.63, 3.8) is 0 Å². The first-order valence-corrected chi connectivity index (χ1v) is 8.29. The molecule has 124 valence electrons. The van der Waals surface area contributed by atoms with Gasteiger partial charge in [-0.2, -0.15) is 0 Å². The summed E-state index contributed by atoms with van der Waals surface area (Å²) in [7, 11) is 1.59. The molecule has 1 heterocycles. The third-order valence-electron chi connectivity index (χ3n) is 3.67. The van der Waals surface area contributed by atoms with Crippen LogP contribution in [0.5, 0.6) is 5.75 Å². The van der Waals surface area contributed by atoms with Crippen molar-refractivity contribution in [3.8, 4) is 17.1 Å². The fourth-order valence-electron chi connectivity index (χ4n) is 2.41. The average molecular weight is 362 g/mol. The smallest absolute Gasteiger partial charge is 0.137 e. The van der Waals surface area contributed by atoms with Crippen LogP contribution in [0.2, 0.25) is 10.0 Å². The van der Waals surface area contributed by atoms with Gasteiger partial charge in [0.15, 0.2) is 0 Å². The van der Waals surface area contributed by atoms with E-state index in [0.717, 1.165) is 27.7 Å². The second-order valence-electron chi connectivity index (χ2n) is 5.31. The number of benzene rings is 2. The van der Waals surface area contributed by atoms with Gasteiger partial charge in [0.1, 0.15) is 17.3 Å². The van der Waals surface area contributed by atoms with Gasteiger partial charge in [0, 0.05) is 17.1 Å². The topological polar surface area (TPSA) is 34.4 Å². The maximum absolute atomic E-state index is 6.16. The molecule has 0 spiro atoms. The minimum atomic E-state index is 0.560. The first-order chi connectivity index (χ1) is 11.7. The van der Waals surface area contributed by atoms with Gasteiger partial charge in [-0.25, -0.2) is 0 Å². The quantitative estimate of drug-likeness (QED) is 0.624. The number of hydrogen-bond acceptors (Lipinski definition) is 3. The third-order valence-corrected chi connectivity index (χ3v) is 4.33. The number of furan rings is 1. The Morgan fingerprint density at radius 1 is 0.958 bits per heavy atom. The standard InChI is InChI=1S/C19H17Cl2NO2/c1-23-19-8-6-13(10-17(19)21)18-9-7-15(24-18)12-22-11-14-4-2-3-5-16(14)20/h2-10,22H,11-12H2,1H3. The normalized spacial score (nSPS) is 10.8. The molecule has 1 N–H and O–H groups in total.